The molecular formula is C22H18ClF3N4O. The highest BCUT2D eigenvalue weighted by molar-refractivity contribution is 6.31. The lowest BCUT2D eigenvalue weighted by Crippen LogP contribution is -2.08. The van der Waals surface area contributed by atoms with Crippen molar-refractivity contribution in [3.05, 3.63) is 88.3 Å². The van der Waals surface area contributed by atoms with E-state index >= 15 is 0 Å². The molecule has 1 aromatic carbocycles. The van der Waals surface area contributed by atoms with Crippen molar-refractivity contribution >= 4 is 28.5 Å². The van der Waals surface area contributed by atoms with E-state index in [4.69, 9.17) is 16.3 Å². The van der Waals surface area contributed by atoms with Gasteiger partial charge in [-0.25, -0.2) is 9.97 Å². The van der Waals surface area contributed by atoms with Crippen LogP contribution in [-0.4, -0.2) is 22.1 Å². The largest absolute Gasteiger partial charge is 0.417 e. The molecule has 0 saturated carbocycles. The van der Waals surface area contributed by atoms with Gasteiger partial charge in [0.1, 0.15) is 17.6 Å². The second-order valence-electron chi connectivity index (χ2n) is 6.90. The summed E-state index contributed by atoms with van der Waals surface area (Å²) in [6, 6.07) is 11.3. The lowest BCUT2D eigenvalue weighted by Gasteiger charge is -2.16. The first-order valence-electron chi connectivity index (χ1n) is 9.37. The number of aromatic amines is 1. The molecule has 0 spiro atoms. The van der Waals surface area contributed by atoms with E-state index in [1.54, 1.807) is 31.6 Å². The fourth-order valence-electron chi connectivity index (χ4n) is 3.39. The van der Waals surface area contributed by atoms with Gasteiger partial charge < -0.3 is 15.0 Å². The molecule has 0 aliphatic carbocycles. The standard InChI is InChI=1S/C22H18ClF3N4O/c1-31-20(16-12-30-21-15(16)3-2-8-27-21)14-5-7-19(29-11-14)28-10-13-4-6-18(23)17(9-13)22(24,25)26/h2-9,11-12,20H,10H2,1H3,(H,27,30)(H,28,29). The van der Waals surface area contributed by atoms with Crippen LogP contribution >= 0.6 is 11.6 Å². The number of hydrogen-bond donors (Lipinski definition) is 2. The van der Waals surface area contributed by atoms with E-state index < -0.39 is 11.7 Å². The molecule has 9 heteroatoms. The zero-order valence-electron chi connectivity index (χ0n) is 16.4. The molecule has 1 unspecified atom stereocenters. The Kier molecular flexibility index (Phi) is 5.84. The minimum atomic E-state index is -4.50. The number of nitrogens with one attached hydrogen (secondary N) is 2. The Bertz CT molecular complexity index is 1190. The second kappa shape index (κ2) is 8.56. The van der Waals surface area contributed by atoms with Crippen molar-refractivity contribution in [1.82, 2.24) is 15.0 Å². The maximum Gasteiger partial charge on any atom is 0.417 e. The van der Waals surface area contributed by atoms with Crippen LogP contribution in [0.2, 0.25) is 5.02 Å². The molecule has 0 radical (unpaired) electrons. The van der Waals surface area contributed by atoms with Crippen LogP contribution in [0.1, 0.15) is 28.4 Å². The summed E-state index contributed by atoms with van der Waals surface area (Å²) < 4.78 is 44.8. The summed E-state index contributed by atoms with van der Waals surface area (Å²) in [6.45, 7) is 0.175. The van der Waals surface area contributed by atoms with Crippen molar-refractivity contribution in [2.75, 3.05) is 12.4 Å². The predicted octanol–water partition coefficient (Wildman–Crippen LogP) is 5.98. The highest BCUT2D eigenvalue weighted by atomic mass is 35.5. The van der Waals surface area contributed by atoms with Crippen LogP contribution in [0.4, 0.5) is 19.0 Å². The van der Waals surface area contributed by atoms with Gasteiger partial charge in [0.05, 0.1) is 10.6 Å². The van der Waals surface area contributed by atoms with E-state index in [2.05, 4.69) is 20.3 Å². The number of halogens is 4. The van der Waals surface area contributed by atoms with Gasteiger partial charge >= 0.3 is 6.18 Å². The number of ether oxygens (including phenoxy) is 1. The molecule has 0 fully saturated rings. The highest BCUT2D eigenvalue weighted by Gasteiger charge is 2.33. The third-order valence-electron chi connectivity index (χ3n) is 4.90. The zero-order valence-corrected chi connectivity index (χ0v) is 17.1. The monoisotopic (exact) mass is 446 g/mol. The molecule has 4 rings (SSSR count). The number of methoxy groups -OCH3 is 1. The topological polar surface area (TPSA) is 62.8 Å². The average molecular weight is 447 g/mol. The predicted molar refractivity (Wildman–Crippen MR) is 113 cm³/mol. The highest BCUT2D eigenvalue weighted by Crippen LogP contribution is 2.35. The summed E-state index contributed by atoms with van der Waals surface area (Å²) in [4.78, 5) is 11.8. The molecule has 5 nitrogen and oxygen atoms in total. The minimum absolute atomic E-state index is 0.175. The van der Waals surface area contributed by atoms with Crippen molar-refractivity contribution in [2.24, 2.45) is 0 Å². The number of aromatic nitrogens is 3. The quantitative estimate of drug-likeness (QED) is 0.382. The van der Waals surface area contributed by atoms with Crippen molar-refractivity contribution in [3.63, 3.8) is 0 Å². The first-order valence-corrected chi connectivity index (χ1v) is 9.75. The van der Waals surface area contributed by atoms with E-state index in [-0.39, 0.29) is 17.7 Å². The molecule has 3 aromatic heterocycles. The molecule has 0 bridgehead atoms. The Morgan fingerprint density at radius 1 is 1.16 bits per heavy atom. The summed E-state index contributed by atoms with van der Waals surface area (Å²) in [5.41, 5.74) is 2.14. The Morgan fingerprint density at radius 3 is 2.71 bits per heavy atom. The number of anilines is 1. The van der Waals surface area contributed by atoms with Gasteiger partial charge in [0.25, 0.3) is 0 Å². The molecule has 4 aromatic rings. The van der Waals surface area contributed by atoms with E-state index in [1.165, 1.54) is 6.07 Å². The fraction of sp³-hybridized carbons (Fsp3) is 0.182. The van der Waals surface area contributed by atoms with Gasteiger partial charge in [0.2, 0.25) is 0 Å². The van der Waals surface area contributed by atoms with E-state index in [1.807, 2.05) is 24.4 Å². The van der Waals surface area contributed by atoms with Crippen molar-refractivity contribution in [3.8, 4) is 0 Å². The zero-order chi connectivity index (χ0) is 22.0. The Morgan fingerprint density at radius 2 is 2.00 bits per heavy atom. The summed E-state index contributed by atoms with van der Waals surface area (Å²) >= 11 is 5.67. The van der Waals surface area contributed by atoms with E-state index in [0.29, 0.717) is 11.4 Å². The first kappa shape index (κ1) is 21.1. The fourth-order valence-corrected chi connectivity index (χ4v) is 3.62. The smallest absolute Gasteiger partial charge is 0.372 e. The van der Waals surface area contributed by atoms with Gasteiger partial charge in [-0.3, -0.25) is 0 Å². The number of hydrogen-bond acceptors (Lipinski definition) is 4. The number of H-pyrrole nitrogens is 1. The first-order chi connectivity index (χ1) is 14.9. The summed E-state index contributed by atoms with van der Waals surface area (Å²) in [5, 5.41) is 3.66. The number of rotatable bonds is 6. The maximum absolute atomic E-state index is 13.0. The van der Waals surface area contributed by atoms with Crippen LogP contribution in [0.15, 0.2) is 61.1 Å². The average Bonchev–Trinajstić information content (AvgIpc) is 3.18. The van der Waals surface area contributed by atoms with Crippen molar-refractivity contribution in [1.29, 1.82) is 0 Å². The third-order valence-corrected chi connectivity index (χ3v) is 5.23. The van der Waals surface area contributed by atoms with Gasteiger partial charge in [0, 0.05) is 48.8 Å². The number of benzene rings is 1. The normalized spacial score (nSPS) is 12.8. The van der Waals surface area contributed by atoms with Crippen molar-refractivity contribution < 1.29 is 17.9 Å². The van der Waals surface area contributed by atoms with E-state index in [0.717, 1.165) is 28.2 Å². The van der Waals surface area contributed by atoms with Gasteiger partial charge in [-0.05, 0) is 35.9 Å². The molecule has 3 heterocycles. The molecule has 160 valence electrons. The SMILES string of the molecule is COC(c1ccc(NCc2ccc(Cl)c(C(F)(F)F)c2)nc1)c1c[nH]c2ncccc12. The molecule has 0 aliphatic rings. The number of fused-ring (bicyclic) bond motifs is 1. The van der Waals surface area contributed by atoms with Crippen LogP contribution < -0.4 is 5.32 Å². The van der Waals surface area contributed by atoms with Gasteiger partial charge in [0.15, 0.2) is 0 Å². The second-order valence-corrected chi connectivity index (χ2v) is 7.31. The molecule has 2 N–H and O–H groups in total. The Labute approximate surface area is 181 Å². The minimum Gasteiger partial charge on any atom is -0.372 e. The number of alkyl halides is 3. The summed E-state index contributed by atoms with van der Waals surface area (Å²) in [6.07, 6.45) is 0.404. The van der Waals surface area contributed by atoms with Gasteiger partial charge in [-0.2, -0.15) is 13.2 Å². The Balaban J connectivity index is 1.49. The summed E-state index contributed by atoms with van der Waals surface area (Å²) in [5.74, 6) is 0.530. The van der Waals surface area contributed by atoms with Crippen LogP contribution in [-0.2, 0) is 17.5 Å². The molecule has 0 aliphatic heterocycles. The lowest BCUT2D eigenvalue weighted by atomic mass is 10.0. The molecule has 0 amide bonds. The third kappa shape index (κ3) is 4.50. The lowest BCUT2D eigenvalue weighted by molar-refractivity contribution is -0.137. The molecule has 1 atom stereocenters. The maximum atomic E-state index is 13.0. The van der Waals surface area contributed by atoms with Crippen LogP contribution in [0, 0.1) is 0 Å². The van der Waals surface area contributed by atoms with Gasteiger partial charge in [-0.15, -0.1) is 0 Å². The molecule has 31 heavy (non-hydrogen) atoms. The molecular weight excluding hydrogens is 429 g/mol. The van der Waals surface area contributed by atoms with Gasteiger partial charge in [-0.1, -0.05) is 23.7 Å². The van der Waals surface area contributed by atoms with Crippen LogP contribution in [0.5, 0.6) is 0 Å². The molecule has 0 saturated heterocycles. The van der Waals surface area contributed by atoms with Crippen LogP contribution in [0.25, 0.3) is 11.0 Å². The van der Waals surface area contributed by atoms with Crippen LogP contribution in [0.3, 0.4) is 0 Å². The Hall–Kier alpha value is -3.10. The van der Waals surface area contributed by atoms with E-state index in [9.17, 15) is 13.2 Å². The summed E-state index contributed by atoms with van der Waals surface area (Å²) in [7, 11) is 1.62. The number of nitrogens with zero attached hydrogens (tertiary/aromatic N) is 2. The van der Waals surface area contributed by atoms with Crippen molar-refractivity contribution in [2.45, 2.75) is 18.8 Å². The number of pyridine rings is 2.